The summed E-state index contributed by atoms with van der Waals surface area (Å²) in [6.07, 6.45) is 3.57. The maximum atomic E-state index is 11.9. The normalized spacial score (nSPS) is 10.5. The Bertz CT molecular complexity index is 746. The number of benzene rings is 1. The molecule has 0 aliphatic carbocycles. The summed E-state index contributed by atoms with van der Waals surface area (Å²) in [5.41, 5.74) is 1.84. The number of nitrogens with zero attached hydrogens (tertiary/aromatic N) is 2. The van der Waals surface area contributed by atoms with Crippen molar-refractivity contribution in [3.63, 3.8) is 0 Å². The second kappa shape index (κ2) is 5.93. The molecule has 5 heteroatoms. The van der Waals surface area contributed by atoms with E-state index >= 15 is 0 Å². The van der Waals surface area contributed by atoms with E-state index in [0.29, 0.717) is 4.88 Å². The quantitative estimate of drug-likeness (QED) is 0.691. The Kier molecular flexibility index (Phi) is 3.83. The van der Waals surface area contributed by atoms with Gasteiger partial charge in [0.25, 0.3) is 0 Å². The van der Waals surface area contributed by atoms with Gasteiger partial charge >= 0.3 is 5.97 Å². The lowest BCUT2D eigenvalue weighted by molar-refractivity contribution is 0.0478. The molecular weight excluding hydrogens is 284 g/mol. The SMILES string of the molecule is Cc1ccc(C(=O)OCc2cnn(-c3ccccc3)c2)s1. The summed E-state index contributed by atoms with van der Waals surface area (Å²) in [7, 11) is 0. The van der Waals surface area contributed by atoms with Crippen LogP contribution < -0.4 is 0 Å². The van der Waals surface area contributed by atoms with E-state index in [-0.39, 0.29) is 12.6 Å². The second-order valence-corrected chi connectivity index (χ2v) is 5.90. The first-order valence-electron chi connectivity index (χ1n) is 6.55. The van der Waals surface area contributed by atoms with Crippen LogP contribution in [0.3, 0.4) is 0 Å². The lowest BCUT2D eigenvalue weighted by Gasteiger charge is -2.01. The van der Waals surface area contributed by atoms with E-state index in [4.69, 9.17) is 4.74 Å². The minimum Gasteiger partial charge on any atom is -0.457 e. The summed E-state index contributed by atoms with van der Waals surface area (Å²) in [6.45, 7) is 2.19. The van der Waals surface area contributed by atoms with Crippen LogP contribution in [0.15, 0.2) is 54.9 Å². The lowest BCUT2D eigenvalue weighted by Crippen LogP contribution is -2.02. The number of para-hydroxylation sites is 1. The molecule has 1 aromatic carbocycles. The van der Waals surface area contributed by atoms with Gasteiger partial charge in [-0.3, -0.25) is 0 Å². The molecule has 3 aromatic rings. The Morgan fingerprint density at radius 1 is 1.24 bits per heavy atom. The van der Waals surface area contributed by atoms with E-state index in [1.165, 1.54) is 11.3 Å². The number of hydrogen-bond donors (Lipinski definition) is 0. The molecule has 106 valence electrons. The molecule has 3 rings (SSSR count). The van der Waals surface area contributed by atoms with Crippen molar-refractivity contribution in [3.8, 4) is 5.69 Å². The molecule has 0 atom stereocenters. The first-order valence-corrected chi connectivity index (χ1v) is 7.36. The minimum absolute atomic E-state index is 0.225. The zero-order chi connectivity index (χ0) is 14.7. The van der Waals surface area contributed by atoms with Gasteiger partial charge in [-0.1, -0.05) is 18.2 Å². The number of carbonyl (C=O) groups is 1. The maximum Gasteiger partial charge on any atom is 0.348 e. The fraction of sp³-hybridized carbons (Fsp3) is 0.125. The molecule has 0 aliphatic heterocycles. The van der Waals surface area contributed by atoms with Gasteiger partial charge in [0.2, 0.25) is 0 Å². The van der Waals surface area contributed by atoms with Crippen LogP contribution in [0.2, 0.25) is 0 Å². The number of rotatable bonds is 4. The smallest absolute Gasteiger partial charge is 0.348 e. The number of hydrogen-bond acceptors (Lipinski definition) is 4. The van der Waals surface area contributed by atoms with Gasteiger partial charge in [-0.25, -0.2) is 9.48 Å². The molecule has 4 nitrogen and oxygen atoms in total. The molecule has 0 bridgehead atoms. The van der Waals surface area contributed by atoms with Crippen LogP contribution in [-0.2, 0) is 11.3 Å². The number of thiophene rings is 1. The Morgan fingerprint density at radius 3 is 2.76 bits per heavy atom. The largest absolute Gasteiger partial charge is 0.457 e. The van der Waals surface area contributed by atoms with Gasteiger partial charge in [0.1, 0.15) is 11.5 Å². The third-order valence-corrected chi connectivity index (χ3v) is 3.95. The van der Waals surface area contributed by atoms with E-state index in [1.807, 2.05) is 49.5 Å². The average molecular weight is 298 g/mol. The monoisotopic (exact) mass is 298 g/mol. The van der Waals surface area contributed by atoms with Crippen molar-refractivity contribution in [2.75, 3.05) is 0 Å². The van der Waals surface area contributed by atoms with Crippen LogP contribution in [-0.4, -0.2) is 15.7 Å². The van der Waals surface area contributed by atoms with Gasteiger partial charge < -0.3 is 4.74 Å². The minimum atomic E-state index is -0.291. The lowest BCUT2D eigenvalue weighted by atomic mass is 10.3. The van der Waals surface area contributed by atoms with Crippen molar-refractivity contribution in [2.24, 2.45) is 0 Å². The van der Waals surface area contributed by atoms with Gasteiger partial charge in [-0.05, 0) is 31.2 Å². The molecule has 2 aromatic heterocycles. The van der Waals surface area contributed by atoms with E-state index in [0.717, 1.165) is 16.1 Å². The number of aromatic nitrogens is 2. The Balaban J connectivity index is 1.64. The highest BCUT2D eigenvalue weighted by molar-refractivity contribution is 7.13. The van der Waals surface area contributed by atoms with Gasteiger partial charge in [0.05, 0.1) is 11.9 Å². The molecule has 0 saturated heterocycles. The third-order valence-electron chi connectivity index (χ3n) is 2.97. The molecule has 0 amide bonds. The van der Waals surface area contributed by atoms with Gasteiger partial charge in [0.15, 0.2) is 0 Å². The molecular formula is C16H14N2O2S. The first kappa shape index (κ1) is 13.6. The first-order chi connectivity index (χ1) is 10.2. The fourth-order valence-corrected chi connectivity index (χ4v) is 2.68. The zero-order valence-electron chi connectivity index (χ0n) is 11.5. The molecule has 2 heterocycles. The predicted octanol–water partition coefficient (Wildman–Crippen LogP) is 3.60. The number of esters is 1. The Labute approximate surface area is 126 Å². The second-order valence-electron chi connectivity index (χ2n) is 4.62. The van der Waals surface area contributed by atoms with Crippen molar-refractivity contribution in [3.05, 3.63) is 70.2 Å². The molecule has 0 saturated carbocycles. The van der Waals surface area contributed by atoms with Crippen LogP contribution in [0, 0.1) is 6.92 Å². The highest BCUT2D eigenvalue weighted by Gasteiger charge is 2.10. The summed E-state index contributed by atoms with van der Waals surface area (Å²) in [6, 6.07) is 13.5. The number of ether oxygens (including phenoxy) is 1. The maximum absolute atomic E-state index is 11.9. The van der Waals surface area contributed by atoms with E-state index < -0.39 is 0 Å². The molecule has 21 heavy (non-hydrogen) atoms. The van der Waals surface area contributed by atoms with Crippen LogP contribution in [0.1, 0.15) is 20.1 Å². The highest BCUT2D eigenvalue weighted by atomic mass is 32.1. The van der Waals surface area contributed by atoms with Crippen molar-refractivity contribution in [1.29, 1.82) is 0 Å². The van der Waals surface area contributed by atoms with Crippen molar-refractivity contribution in [2.45, 2.75) is 13.5 Å². The zero-order valence-corrected chi connectivity index (χ0v) is 12.3. The van der Waals surface area contributed by atoms with Crippen molar-refractivity contribution in [1.82, 2.24) is 9.78 Å². The van der Waals surface area contributed by atoms with Crippen LogP contribution in [0.25, 0.3) is 5.69 Å². The molecule has 0 unspecified atom stereocenters. The average Bonchev–Trinajstić information content (AvgIpc) is 3.15. The number of carbonyl (C=O) groups excluding carboxylic acids is 1. The molecule has 0 fully saturated rings. The topological polar surface area (TPSA) is 44.1 Å². The summed E-state index contributed by atoms with van der Waals surface area (Å²) in [4.78, 5) is 13.6. The van der Waals surface area contributed by atoms with E-state index in [1.54, 1.807) is 16.9 Å². The fourth-order valence-electron chi connectivity index (χ4n) is 1.92. The standard InChI is InChI=1S/C16H14N2O2S/c1-12-7-8-15(21-12)16(19)20-11-13-9-17-18(10-13)14-5-3-2-4-6-14/h2-10H,11H2,1H3. The number of aryl methyl sites for hydroxylation is 1. The predicted molar refractivity (Wildman–Crippen MR) is 81.7 cm³/mol. The van der Waals surface area contributed by atoms with Gasteiger partial charge in [0, 0.05) is 16.6 Å². The third kappa shape index (κ3) is 3.20. The van der Waals surface area contributed by atoms with Crippen LogP contribution >= 0.6 is 11.3 Å². The van der Waals surface area contributed by atoms with Crippen molar-refractivity contribution < 1.29 is 9.53 Å². The van der Waals surface area contributed by atoms with Gasteiger partial charge in [-0.15, -0.1) is 11.3 Å². The molecule has 0 N–H and O–H groups in total. The summed E-state index contributed by atoms with van der Waals surface area (Å²) < 4.78 is 7.06. The van der Waals surface area contributed by atoms with E-state index in [9.17, 15) is 4.79 Å². The summed E-state index contributed by atoms with van der Waals surface area (Å²) in [5.74, 6) is -0.291. The molecule has 0 radical (unpaired) electrons. The van der Waals surface area contributed by atoms with Crippen LogP contribution in [0.5, 0.6) is 0 Å². The summed E-state index contributed by atoms with van der Waals surface area (Å²) in [5, 5.41) is 4.27. The van der Waals surface area contributed by atoms with Gasteiger partial charge in [-0.2, -0.15) is 5.10 Å². The summed E-state index contributed by atoms with van der Waals surface area (Å²) >= 11 is 1.44. The molecule has 0 aliphatic rings. The van der Waals surface area contributed by atoms with Crippen molar-refractivity contribution >= 4 is 17.3 Å². The highest BCUT2D eigenvalue weighted by Crippen LogP contribution is 2.17. The molecule has 0 spiro atoms. The Morgan fingerprint density at radius 2 is 2.05 bits per heavy atom. The Hall–Kier alpha value is -2.40. The van der Waals surface area contributed by atoms with E-state index in [2.05, 4.69) is 5.10 Å². The van der Waals surface area contributed by atoms with Crippen LogP contribution in [0.4, 0.5) is 0 Å².